The predicted molar refractivity (Wildman–Crippen MR) is 139 cm³/mol. The molecule has 0 radical (unpaired) electrons. The Bertz CT molecular complexity index is 1460. The molecule has 1 fully saturated rings. The molecule has 37 heavy (non-hydrogen) atoms. The number of ether oxygens (including phenoxy) is 1. The number of pyridine rings is 1. The van der Waals surface area contributed by atoms with Crippen molar-refractivity contribution < 1.29 is 19.4 Å². The number of fused-ring (bicyclic) bond motifs is 1. The van der Waals surface area contributed by atoms with Gasteiger partial charge in [-0.15, -0.1) is 0 Å². The van der Waals surface area contributed by atoms with Crippen LogP contribution < -0.4 is 5.73 Å². The summed E-state index contributed by atoms with van der Waals surface area (Å²) in [6.07, 6.45) is 5.46. The first-order valence-electron chi connectivity index (χ1n) is 12.3. The molecule has 0 unspecified atom stereocenters. The second-order valence-electron chi connectivity index (χ2n) is 9.70. The number of aliphatic carboxylic acids is 1. The van der Waals surface area contributed by atoms with Crippen molar-refractivity contribution in [2.45, 2.75) is 38.5 Å². The fourth-order valence-corrected chi connectivity index (χ4v) is 5.37. The quantitative estimate of drug-likeness (QED) is 0.352. The SMILES string of the molecule is COCC1(C(=O)O)CCC(c2nc3c(-c4ccc(-c5ccccc5)nc4)cnn3c(N)c2C(C)=O)CC1. The fourth-order valence-electron chi connectivity index (χ4n) is 5.37. The number of rotatable bonds is 7. The van der Waals surface area contributed by atoms with E-state index in [1.54, 1.807) is 12.4 Å². The number of carbonyl (C=O) groups is 2. The lowest BCUT2D eigenvalue weighted by molar-refractivity contribution is -0.155. The van der Waals surface area contributed by atoms with Crippen molar-refractivity contribution in [3.8, 4) is 22.4 Å². The van der Waals surface area contributed by atoms with Crippen LogP contribution >= 0.6 is 0 Å². The predicted octanol–water partition coefficient (Wildman–Crippen LogP) is 4.62. The van der Waals surface area contributed by atoms with Crippen LogP contribution in [0.5, 0.6) is 0 Å². The highest BCUT2D eigenvalue weighted by molar-refractivity contribution is 6.00. The topological polar surface area (TPSA) is 133 Å². The summed E-state index contributed by atoms with van der Waals surface area (Å²) >= 11 is 0. The van der Waals surface area contributed by atoms with Gasteiger partial charge in [0.05, 0.1) is 35.2 Å². The van der Waals surface area contributed by atoms with Crippen LogP contribution in [0.15, 0.2) is 54.9 Å². The highest BCUT2D eigenvalue weighted by Gasteiger charge is 2.43. The van der Waals surface area contributed by atoms with E-state index in [0.29, 0.717) is 42.6 Å². The van der Waals surface area contributed by atoms with Gasteiger partial charge in [-0.05, 0) is 38.7 Å². The smallest absolute Gasteiger partial charge is 0.311 e. The summed E-state index contributed by atoms with van der Waals surface area (Å²) < 4.78 is 6.72. The third-order valence-corrected chi connectivity index (χ3v) is 7.41. The number of Topliss-reactive ketones (excluding diaryl/α,β-unsaturated/α-hetero) is 1. The highest BCUT2D eigenvalue weighted by Crippen LogP contribution is 2.45. The van der Waals surface area contributed by atoms with Gasteiger partial charge in [-0.3, -0.25) is 14.6 Å². The normalized spacial score (nSPS) is 19.7. The van der Waals surface area contributed by atoms with Crippen LogP contribution in [0.25, 0.3) is 28.0 Å². The number of hydrogen-bond acceptors (Lipinski definition) is 7. The van der Waals surface area contributed by atoms with E-state index in [4.69, 9.17) is 15.5 Å². The van der Waals surface area contributed by atoms with E-state index in [2.05, 4.69) is 10.1 Å². The summed E-state index contributed by atoms with van der Waals surface area (Å²) in [7, 11) is 1.52. The zero-order valence-corrected chi connectivity index (χ0v) is 20.8. The molecule has 5 rings (SSSR count). The van der Waals surface area contributed by atoms with Crippen molar-refractivity contribution in [1.29, 1.82) is 0 Å². The molecule has 1 aromatic carbocycles. The summed E-state index contributed by atoms with van der Waals surface area (Å²) in [6.45, 7) is 1.62. The molecule has 1 saturated carbocycles. The number of carboxylic acid groups (broad SMARTS) is 1. The minimum absolute atomic E-state index is 0.100. The molecular formula is C28H29N5O4. The Morgan fingerprint density at radius 2 is 1.84 bits per heavy atom. The monoisotopic (exact) mass is 499 g/mol. The summed E-state index contributed by atoms with van der Waals surface area (Å²) in [4.78, 5) is 34.2. The van der Waals surface area contributed by atoms with Crippen molar-refractivity contribution in [3.63, 3.8) is 0 Å². The molecule has 0 bridgehead atoms. The summed E-state index contributed by atoms with van der Waals surface area (Å²) in [6, 6.07) is 13.8. The molecule has 3 aromatic heterocycles. The average molecular weight is 500 g/mol. The van der Waals surface area contributed by atoms with Gasteiger partial charge in [-0.1, -0.05) is 36.4 Å². The summed E-state index contributed by atoms with van der Waals surface area (Å²) in [5.41, 5.74) is 10.5. The first-order chi connectivity index (χ1) is 17.8. The molecule has 0 amide bonds. The average Bonchev–Trinajstić information content (AvgIpc) is 3.34. The zero-order valence-electron chi connectivity index (χ0n) is 20.8. The van der Waals surface area contributed by atoms with E-state index in [-0.39, 0.29) is 24.1 Å². The molecule has 0 saturated heterocycles. The number of carboxylic acids is 1. The molecule has 4 aromatic rings. The maximum absolute atomic E-state index is 12.7. The molecular weight excluding hydrogens is 470 g/mol. The number of anilines is 1. The van der Waals surface area contributed by atoms with Crippen molar-refractivity contribution >= 4 is 23.2 Å². The molecule has 9 heteroatoms. The number of ketones is 1. The van der Waals surface area contributed by atoms with Gasteiger partial charge in [0.1, 0.15) is 5.82 Å². The number of hydrogen-bond donors (Lipinski definition) is 2. The van der Waals surface area contributed by atoms with Crippen LogP contribution in [0.4, 0.5) is 5.82 Å². The number of carbonyl (C=O) groups excluding carboxylic acids is 1. The second kappa shape index (κ2) is 9.74. The van der Waals surface area contributed by atoms with E-state index < -0.39 is 11.4 Å². The lowest BCUT2D eigenvalue weighted by Crippen LogP contribution is -2.39. The second-order valence-corrected chi connectivity index (χ2v) is 9.70. The fraction of sp³-hybridized carbons (Fsp3) is 0.321. The van der Waals surface area contributed by atoms with Gasteiger partial charge in [-0.25, -0.2) is 4.98 Å². The maximum Gasteiger partial charge on any atom is 0.311 e. The lowest BCUT2D eigenvalue weighted by atomic mass is 9.69. The van der Waals surface area contributed by atoms with Gasteiger partial charge in [0, 0.05) is 35.9 Å². The number of nitrogen functional groups attached to an aromatic ring is 1. The third-order valence-electron chi connectivity index (χ3n) is 7.41. The van der Waals surface area contributed by atoms with Crippen LogP contribution in [-0.4, -0.2) is 50.2 Å². The maximum atomic E-state index is 12.7. The molecule has 0 spiro atoms. The highest BCUT2D eigenvalue weighted by atomic mass is 16.5. The van der Waals surface area contributed by atoms with Crippen LogP contribution in [0.1, 0.15) is 54.6 Å². The molecule has 1 aliphatic carbocycles. The van der Waals surface area contributed by atoms with Gasteiger partial charge < -0.3 is 15.6 Å². The van der Waals surface area contributed by atoms with Crippen LogP contribution in [0, 0.1) is 5.41 Å². The van der Waals surface area contributed by atoms with Crippen LogP contribution in [0.3, 0.4) is 0 Å². The molecule has 0 atom stereocenters. The first-order valence-corrected chi connectivity index (χ1v) is 12.3. The Hall–Kier alpha value is -4.11. The Morgan fingerprint density at radius 3 is 2.43 bits per heavy atom. The number of benzene rings is 1. The van der Waals surface area contributed by atoms with E-state index in [1.807, 2.05) is 42.5 Å². The third kappa shape index (κ3) is 4.35. The largest absolute Gasteiger partial charge is 0.481 e. The Morgan fingerprint density at radius 1 is 1.11 bits per heavy atom. The van der Waals surface area contributed by atoms with E-state index in [0.717, 1.165) is 22.4 Å². The number of nitrogens with zero attached hydrogens (tertiary/aromatic N) is 4. The van der Waals surface area contributed by atoms with Crippen molar-refractivity contribution in [1.82, 2.24) is 19.6 Å². The molecule has 3 N–H and O–H groups in total. The number of nitrogens with two attached hydrogens (primary N) is 1. The van der Waals surface area contributed by atoms with Crippen molar-refractivity contribution in [3.05, 3.63) is 66.1 Å². The summed E-state index contributed by atoms with van der Waals surface area (Å²) in [5.74, 6) is -0.914. The Kier molecular flexibility index (Phi) is 6.47. The lowest BCUT2D eigenvalue weighted by Gasteiger charge is -2.36. The van der Waals surface area contributed by atoms with Crippen LogP contribution in [-0.2, 0) is 9.53 Å². The van der Waals surface area contributed by atoms with Crippen molar-refractivity contribution in [2.24, 2.45) is 5.41 Å². The van der Waals surface area contributed by atoms with Crippen LogP contribution in [0.2, 0.25) is 0 Å². The number of aromatic nitrogens is 4. The standard InChI is InChI=1S/C28H29N5O4/c1-17(34)23-24(19-10-12-28(13-11-19,16-37-2)27(35)36)32-26-21(15-31-33(26)25(23)29)20-8-9-22(30-14-20)18-6-4-3-5-7-18/h3-9,14-15,19H,10-13,16,29H2,1-2H3,(H,35,36). The van der Waals surface area contributed by atoms with Gasteiger partial charge in [-0.2, -0.15) is 9.61 Å². The van der Waals surface area contributed by atoms with Gasteiger partial charge in [0.2, 0.25) is 0 Å². The molecule has 0 aliphatic heterocycles. The Labute approximate surface area is 214 Å². The zero-order chi connectivity index (χ0) is 26.2. The summed E-state index contributed by atoms with van der Waals surface area (Å²) in [5, 5.41) is 14.3. The molecule has 190 valence electrons. The number of methoxy groups -OCH3 is 1. The minimum Gasteiger partial charge on any atom is -0.481 e. The van der Waals surface area contributed by atoms with E-state index in [1.165, 1.54) is 18.5 Å². The van der Waals surface area contributed by atoms with E-state index in [9.17, 15) is 14.7 Å². The van der Waals surface area contributed by atoms with Crippen molar-refractivity contribution in [2.75, 3.05) is 19.5 Å². The molecule has 1 aliphatic rings. The van der Waals surface area contributed by atoms with Gasteiger partial charge in [0.15, 0.2) is 11.4 Å². The first kappa shape index (κ1) is 24.6. The van der Waals surface area contributed by atoms with Gasteiger partial charge >= 0.3 is 5.97 Å². The Balaban J connectivity index is 1.54. The molecule has 9 nitrogen and oxygen atoms in total. The molecule has 3 heterocycles. The van der Waals surface area contributed by atoms with Gasteiger partial charge in [0.25, 0.3) is 0 Å². The minimum atomic E-state index is -0.925. The van der Waals surface area contributed by atoms with E-state index >= 15 is 0 Å².